The van der Waals surface area contributed by atoms with Crippen molar-refractivity contribution in [3.8, 4) is 0 Å². The van der Waals surface area contributed by atoms with Gasteiger partial charge >= 0.3 is 5.97 Å². The molecule has 3 saturated carbocycles. The van der Waals surface area contributed by atoms with Gasteiger partial charge in [-0.2, -0.15) is 0 Å². The minimum absolute atomic E-state index is 0.101. The quantitative estimate of drug-likeness (QED) is 0.521. The fraction of sp³-hybridized carbons (Fsp3) is 0.808. The van der Waals surface area contributed by atoms with Gasteiger partial charge in [0.2, 0.25) is 0 Å². The first-order valence-corrected chi connectivity index (χ1v) is 12.7. The summed E-state index contributed by atoms with van der Waals surface area (Å²) in [5.74, 6) is 0.272. The van der Waals surface area contributed by atoms with Crippen LogP contribution in [0.15, 0.2) is 16.8 Å². The topological polar surface area (TPSA) is 108 Å². The van der Waals surface area contributed by atoms with Crippen LogP contribution in [-0.2, 0) is 14.4 Å². The Hall–Kier alpha value is -1.89. The second-order valence-electron chi connectivity index (χ2n) is 11.6. The van der Waals surface area contributed by atoms with Gasteiger partial charge < -0.3 is 20.4 Å². The molecule has 0 unspecified atom stereocenters. The zero-order chi connectivity index (χ0) is 24.0. The Morgan fingerprint density at radius 1 is 1.15 bits per heavy atom. The monoisotopic (exact) mass is 460 g/mol. The maximum absolute atomic E-state index is 12.1. The molecule has 184 valence electrons. The van der Waals surface area contributed by atoms with Crippen LogP contribution in [0.4, 0.5) is 0 Å². The summed E-state index contributed by atoms with van der Waals surface area (Å²) in [7, 11) is 0. The van der Waals surface area contributed by atoms with E-state index in [1.165, 1.54) is 18.4 Å². The molecule has 1 amide bonds. The van der Waals surface area contributed by atoms with Crippen molar-refractivity contribution >= 4 is 17.6 Å². The Morgan fingerprint density at radius 3 is 2.61 bits per heavy atom. The average molecular weight is 461 g/mol. The van der Waals surface area contributed by atoms with Gasteiger partial charge in [-0.25, -0.2) is 4.79 Å². The van der Waals surface area contributed by atoms with E-state index >= 15 is 0 Å². The summed E-state index contributed by atoms with van der Waals surface area (Å²) in [5.41, 5.74) is 2.60. The van der Waals surface area contributed by atoms with Crippen LogP contribution < -0.4 is 5.32 Å². The van der Waals surface area contributed by atoms with E-state index in [9.17, 15) is 19.8 Å². The summed E-state index contributed by atoms with van der Waals surface area (Å²) in [6.45, 7) is 7.96. The first-order chi connectivity index (χ1) is 15.6. The molecule has 7 nitrogen and oxygen atoms in total. The molecule has 0 bridgehead atoms. The lowest BCUT2D eigenvalue weighted by Crippen LogP contribution is -2.51. The Kier molecular flexibility index (Phi) is 6.64. The molecule has 4 rings (SSSR count). The molecule has 0 saturated heterocycles. The number of carboxylic acids is 1. The maximum Gasteiger partial charge on any atom is 0.326 e. The zero-order valence-corrected chi connectivity index (χ0v) is 20.5. The van der Waals surface area contributed by atoms with Gasteiger partial charge in [-0.1, -0.05) is 38.4 Å². The Balaban J connectivity index is 1.39. The number of allylic oxidation sites excluding steroid dienone is 2. The lowest BCUT2D eigenvalue weighted by atomic mass is 9.47. The number of aliphatic hydroxyl groups is 1. The molecule has 7 atom stereocenters. The van der Waals surface area contributed by atoms with Crippen LogP contribution in [0.2, 0.25) is 0 Å². The average Bonchev–Trinajstić information content (AvgIpc) is 3.06. The molecular formula is C26H40N2O5. The Morgan fingerprint density at radius 2 is 1.91 bits per heavy atom. The third-order valence-corrected chi connectivity index (χ3v) is 9.55. The predicted octanol–water partition coefficient (Wildman–Crippen LogP) is 3.91. The number of rotatable bonds is 6. The van der Waals surface area contributed by atoms with E-state index in [0.29, 0.717) is 17.8 Å². The fourth-order valence-electron chi connectivity index (χ4n) is 7.52. The van der Waals surface area contributed by atoms with E-state index in [2.05, 4.69) is 30.4 Å². The summed E-state index contributed by atoms with van der Waals surface area (Å²) in [6, 6.07) is -0.931. The highest BCUT2D eigenvalue weighted by Crippen LogP contribution is 2.65. The molecule has 0 aliphatic heterocycles. The third-order valence-electron chi connectivity index (χ3n) is 9.55. The molecule has 0 aromatic heterocycles. The van der Waals surface area contributed by atoms with Gasteiger partial charge in [0.15, 0.2) is 6.61 Å². The summed E-state index contributed by atoms with van der Waals surface area (Å²) in [5, 5.41) is 26.6. The van der Waals surface area contributed by atoms with Gasteiger partial charge in [0.05, 0.1) is 11.8 Å². The number of carbonyl (C=O) groups excluding carboxylic acids is 1. The second-order valence-corrected chi connectivity index (χ2v) is 11.6. The second kappa shape index (κ2) is 9.05. The first kappa shape index (κ1) is 24.2. The van der Waals surface area contributed by atoms with E-state index in [0.717, 1.165) is 44.2 Å². The molecule has 0 spiro atoms. The van der Waals surface area contributed by atoms with Crippen LogP contribution >= 0.6 is 0 Å². The lowest BCUT2D eigenvalue weighted by molar-refractivity contribution is -0.143. The number of nitrogens with one attached hydrogen (secondary N) is 1. The third kappa shape index (κ3) is 4.33. The molecular weight excluding hydrogens is 420 g/mol. The number of carboxylic acid groups (broad SMARTS) is 1. The lowest BCUT2D eigenvalue weighted by Gasteiger charge is -2.57. The van der Waals surface area contributed by atoms with Crippen LogP contribution in [0.5, 0.6) is 0 Å². The summed E-state index contributed by atoms with van der Waals surface area (Å²) in [6.07, 6.45) is 10.6. The van der Waals surface area contributed by atoms with Gasteiger partial charge in [0, 0.05) is 0 Å². The minimum atomic E-state index is -1.05. The number of hydrogen-bond donors (Lipinski definition) is 3. The van der Waals surface area contributed by atoms with Crippen molar-refractivity contribution in [1.29, 1.82) is 0 Å². The highest BCUT2D eigenvalue weighted by molar-refractivity contribution is 5.96. The first-order valence-electron chi connectivity index (χ1n) is 12.7. The number of oxime groups is 1. The van der Waals surface area contributed by atoms with Crippen molar-refractivity contribution in [3.05, 3.63) is 11.6 Å². The van der Waals surface area contributed by atoms with Crippen molar-refractivity contribution in [3.63, 3.8) is 0 Å². The number of carbonyl (C=O) groups is 2. The number of aliphatic carboxylic acids is 1. The van der Waals surface area contributed by atoms with Crippen molar-refractivity contribution in [2.75, 3.05) is 6.61 Å². The van der Waals surface area contributed by atoms with E-state index in [-0.39, 0.29) is 29.5 Å². The molecule has 0 aromatic rings. The van der Waals surface area contributed by atoms with E-state index in [4.69, 9.17) is 4.84 Å². The number of aliphatic hydroxyl groups excluding tert-OH is 1. The summed E-state index contributed by atoms with van der Waals surface area (Å²) >= 11 is 0. The van der Waals surface area contributed by atoms with E-state index < -0.39 is 17.9 Å². The molecule has 3 N–H and O–H groups in total. The van der Waals surface area contributed by atoms with Gasteiger partial charge in [0.25, 0.3) is 5.91 Å². The highest BCUT2D eigenvalue weighted by atomic mass is 16.6. The SMILES string of the molecule is CC(C)[C@@H](NC(=O)CO/N=C1/C=C2CC[C@H]3[C@@H]4CC[C@H](O)[C@@]4(C)CC[C@@H]3[C@@]2(C)CC1)C(=O)O. The van der Waals surface area contributed by atoms with Crippen LogP contribution in [0.1, 0.15) is 79.1 Å². The van der Waals surface area contributed by atoms with Crippen molar-refractivity contribution < 1.29 is 24.6 Å². The smallest absolute Gasteiger partial charge is 0.326 e. The van der Waals surface area contributed by atoms with Crippen molar-refractivity contribution in [2.24, 2.45) is 39.7 Å². The molecule has 7 heteroatoms. The summed E-state index contributed by atoms with van der Waals surface area (Å²) in [4.78, 5) is 28.6. The van der Waals surface area contributed by atoms with Crippen molar-refractivity contribution in [2.45, 2.75) is 91.2 Å². The van der Waals surface area contributed by atoms with Gasteiger partial charge in [-0.05, 0) is 91.9 Å². The van der Waals surface area contributed by atoms with Crippen LogP contribution in [0, 0.1) is 34.5 Å². The van der Waals surface area contributed by atoms with Crippen LogP contribution in [-0.4, -0.2) is 46.6 Å². The Bertz CT molecular complexity index is 852. The maximum atomic E-state index is 12.1. The Labute approximate surface area is 197 Å². The van der Waals surface area contributed by atoms with Gasteiger partial charge in [-0.15, -0.1) is 0 Å². The molecule has 0 aromatic carbocycles. The van der Waals surface area contributed by atoms with Gasteiger partial charge in [-0.3, -0.25) is 4.79 Å². The number of nitrogens with zero attached hydrogens (tertiary/aromatic N) is 1. The van der Waals surface area contributed by atoms with E-state index in [1.807, 2.05) is 0 Å². The standard InChI is InChI=1S/C26H40N2O5/c1-15(2)23(24(31)32)27-22(30)14-33-28-17-9-11-25(3)16(13-17)5-6-18-19-7-8-21(29)26(19,4)12-10-20(18)25/h13,15,18-21,23,29H,5-12,14H2,1-4H3,(H,27,30)(H,31,32)/b28-17+/t18-,19-,20-,21-,23+,25-,26-/m0/s1. The fourth-order valence-corrected chi connectivity index (χ4v) is 7.52. The normalized spacial score (nSPS) is 39.8. The number of amides is 1. The molecule has 4 aliphatic carbocycles. The molecule has 0 radical (unpaired) electrons. The molecule has 0 heterocycles. The minimum Gasteiger partial charge on any atom is -0.480 e. The van der Waals surface area contributed by atoms with Crippen molar-refractivity contribution in [1.82, 2.24) is 5.32 Å². The predicted molar refractivity (Wildman–Crippen MR) is 126 cm³/mol. The van der Waals surface area contributed by atoms with Crippen LogP contribution in [0.25, 0.3) is 0 Å². The number of hydrogen-bond acceptors (Lipinski definition) is 5. The highest BCUT2D eigenvalue weighted by Gasteiger charge is 2.58. The van der Waals surface area contributed by atoms with Gasteiger partial charge in [0.1, 0.15) is 6.04 Å². The van der Waals surface area contributed by atoms with Crippen LogP contribution in [0.3, 0.4) is 0 Å². The largest absolute Gasteiger partial charge is 0.480 e. The molecule has 3 fully saturated rings. The summed E-state index contributed by atoms with van der Waals surface area (Å²) < 4.78 is 0. The molecule has 4 aliphatic rings. The van der Waals surface area contributed by atoms with E-state index in [1.54, 1.807) is 13.8 Å². The number of fused-ring (bicyclic) bond motifs is 5. The molecule has 33 heavy (non-hydrogen) atoms. The zero-order valence-electron chi connectivity index (χ0n) is 20.5.